The van der Waals surface area contributed by atoms with Gasteiger partial charge in [-0.1, -0.05) is 11.6 Å². The molecular formula is C16H21ClN6O. The van der Waals surface area contributed by atoms with E-state index in [1.54, 1.807) is 25.2 Å². The minimum absolute atomic E-state index is 0.0653. The number of amides is 2. The molecule has 3 rings (SSSR count). The van der Waals surface area contributed by atoms with E-state index in [4.69, 9.17) is 16.9 Å². The van der Waals surface area contributed by atoms with Gasteiger partial charge in [0.2, 0.25) is 0 Å². The molecular weight excluding hydrogens is 328 g/mol. The molecule has 0 N–H and O–H groups in total. The molecule has 3 heterocycles. The van der Waals surface area contributed by atoms with Crippen LogP contribution in [0.15, 0.2) is 6.20 Å². The van der Waals surface area contributed by atoms with Crippen molar-refractivity contribution in [2.75, 3.05) is 32.1 Å². The van der Waals surface area contributed by atoms with E-state index in [2.05, 4.69) is 14.9 Å². The Bertz CT molecular complexity index is 673. The maximum Gasteiger partial charge on any atom is 0.319 e. The monoisotopic (exact) mass is 348 g/mol. The molecule has 2 amide bonds. The SMILES string of the molecule is CN(C)C(=O)N1CCC[C@@H]2[C@H]1CCCN2c1cnc(C#N)c(Cl)n1. The number of urea groups is 1. The highest BCUT2D eigenvalue weighted by molar-refractivity contribution is 6.30. The van der Waals surface area contributed by atoms with Crippen LogP contribution in [0.2, 0.25) is 5.15 Å². The number of nitrogens with zero attached hydrogens (tertiary/aromatic N) is 6. The van der Waals surface area contributed by atoms with Gasteiger partial charge in [-0.15, -0.1) is 0 Å². The average molecular weight is 349 g/mol. The molecule has 2 aliphatic heterocycles. The van der Waals surface area contributed by atoms with Crippen molar-refractivity contribution in [1.29, 1.82) is 5.26 Å². The summed E-state index contributed by atoms with van der Waals surface area (Å²) in [4.78, 5) is 26.8. The summed E-state index contributed by atoms with van der Waals surface area (Å²) in [5.41, 5.74) is 0.141. The quantitative estimate of drug-likeness (QED) is 0.777. The maximum atomic E-state index is 12.5. The lowest BCUT2D eigenvalue weighted by molar-refractivity contribution is 0.102. The molecule has 0 unspecified atom stereocenters. The lowest BCUT2D eigenvalue weighted by Crippen LogP contribution is -2.61. The minimum Gasteiger partial charge on any atom is -0.350 e. The molecule has 0 radical (unpaired) electrons. The Balaban J connectivity index is 1.87. The molecule has 0 aromatic carbocycles. The smallest absolute Gasteiger partial charge is 0.319 e. The fourth-order valence-corrected chi connectivity index (χ4v) is 3.91. The van der Waals surface area contributed by atoms with E-state index >= 15 is 0 Å². The highest BCUT2D eigenvalue weighted by atomic mass is 35.5. The second-order valence-electron chi connectivity index (χ2n) is 6.46. The second kappa shape index (κ2) is 6.81. The van der Waals surface area contributed by atoms with Gasteiger partial charge in [-0.3, -0.25) is 0 Å². The Morgan fingerprint density at radius 1 is 1.33 bits per heavy atom. The van der Waals surface area contributed by atoms with Gasteiger partial charge >= 0.3 is 6.03 Å². The van der Waals surface area contributed by atoms with Gasteiger partial charge in [-0.25, -0.2) is 14.8 Å². The van der Waals surface area contributed by atoms with E-state index in [0.717, 1.165) is 38.8 Å². The van der Waals surface area contributed by atoms with E-state index < -0.39 is 0 Å². The van der Waals surface area contributed by atoms with Crippen molar-refractivity contribution in [3.63, 3.8) is 0 Å². The highest BCUT2D eigenvalue weighted by Gasteiger charge is 2.40. The van der Waals surface area contributed by atoms with Gasteiger partial charge in [0.15, 0.2) is 10.8 Å². The number of piperidine rings is 2. The van der Waals surface area contributed by atoms with Crippen molar-refractivity contribution < 1.29 is 4.79 Å². The largest absolute Gasteiger partial charge is 0.350 e. The number of anilines is 1. The zero-order valence-corrected chi connectivity index (χ0v) is 14.7. The van der Waals surface area contributed by atoms with Crippen LogP contribution in [0.25, 0.3) is 0 Å². The number of carbonyl (C=O) groups excluding carboxylic acids is 1. The summed E-state index contributed by atoms with van der Waals surface area (Å²) >= 11 is 6.05. The van der Waals surface area contributed by atoms with E-state index in [1.165, 1.54) is 0 Å². The second-order valence-corrected chi connectivity index (χ2v) is 6.82. The van der Waals surface area contributed by atoms with Crippen molar-refractivity contribution >= 4 is 23.4 Å². The zero-order chi connectivity index (χ0) is 17.3. The van der Waals surface area contributed by atoms with Crippen molar-refractivity contribution in [2.45, 2.75) is 37.8 Å². The molecule has 2 aliphatic rings. The number of rotatable bonds is 1. The first-order valence-corrected chi connectivity index (χ1v) is 8.58. The Morgan fingerprint density at radius 2 is 2.04 bits per heavy atom. The molecule has 8 heteroatoms. The van der Waals surface area contributed by atoms with Gasteiger partial charge in [-0.05, 0) is 25.7 Å². The Hall–Kier alpha value is -2.07. The molecule has 24 heavy (non-hydrogen) atoms. The third kappa shape index (κ3) is 2.98. The lowest BCUT2D eigenvalue weighted by Gasteiger charge is -2.50. The van der Waals surface area contributed by atoms with Crippen molar-refractivity contribution in [1.82, 2.24) is 19.8 Å². The van der Waals surface area contributed by atoms with E-state index in [0.29, 0.717) is 5.82 Å². The summed E-state index contributed by atoms with van der Waals surface area (Å²) in [6, 6.07) is 2.40. The van der Waals surface area contributed by atoms with Gasteiger partial charge in [0, 0.05) is 27.2 Å². The number of aromatic nitrogens is 2. The molecule has 7 nitrogen and oxygen atoms in total. The standard InChI is InChI=1S/C16H21ClN6O/c1-21(2)16(24)23-8-4-5-12-13(23)6-3-7-22(12)14-10-19-11(9-18)15(17)20-14/h10,12-13H,3-8H2,1-2H3/t12-,13-/m1/s1. The molecule has 1 aromatic heterocycles. The summed E-state index contributed by atoms with van der Waals surface area (Å²) in [6.45, 7) is 1.66. The maximum absolute atomic E-state index is 12.5. The number of halogens is 1. The Labute approximate surface area is 146 Å². The summed E-state index contributed by atoms with van der Waals surface area (Å²) < 4.78 is 0. The fraction of sp³-hybridized carbons (Fsp3) is 0.625. The van der Waals surface area contributed by atoms with Gasteiger partial charge in [-0.2, -0.15) is 5.26 Å². The number of fused-ring (bicyclic) bond motifs is 1. The Kier molecular flexibility index (Phi) is 4.76. The van der Waals surface area contributed by atoms with Crippen LogP contribution in [0.3, 0.4) is 0 Å². The molecule has 2 atom stereocenters. The molecule has 1 aromatic rings. The highest BCUT2D eigenvalue weighted by Crippen LogP contribution is 2.33. The van der Waals surface area contributed by atoms with Crippen molar-refractivity contribution in [3.05, 3.63) is 17.0 Å². The first-order valence-electron chi connectivity index (χ1n) is 8.20. The van der Waals surface area contributed by atoms with Crippen LogP contribution in [-0.2, 0) is 0 Å². The predicted octanol–water partition coefficient (Wildman–Crippen LogP) is 2.12. The third-order valence-corrected chi connectivity index (χ3v) is 5.05. The van der Waals surface area contributed by atoms with E-state index in [-0.39, 0.29) is 29.0 Å². The van der Waals surface area contributed by atoms with Crippen LogP contribution in [0, 0.1) is 11.3 Å². The van der Waals surface area contributed by atoms with Crippen LogP contribution in [0.4, 0.5) is 10.6 Å². The van der Waals surface area contributed by atoms with Gasteiger partial charge < -0.3 is 14.7 Å². The lowest BCUT2D eigenvalue weighted by atomic mass is 9.88. The predicted molar refractivity (Wildman–Crippen MR) is 90.9 cm³/mol. The van der Waals surface area contributed by atoms with E-state index in [9.17, 15) is 4.79 Å². The van der Waals surface area contributed by atoms with Crippen molar-refractivity contribution in [3.8, 4) is 6.07 Å². The fourth-order valence-electron chi connectivity index (χ4n) is 3.74. The number of likely N-dealkylation sites (tertiary alicyclic amines) is 1. The molecule has 0 bridgehead atoms. The number of hydrogen-bond donors (Lipinski definition) is 0. The van der Waals surface area contributed by atoms with Crippen LogP contribution < -0.4 is 4.90 Å². The van der Waals surface area contributed by atoms with Crippen LogP contribution >= 0.6 is 11.6 Å². The van der Waals surface area contributed by atoms with Crippen LogP contribution in [0.5, 0.6) is 0 Å². The molecule has 0 saturated carbocycles. The van der Waals surface area contributed by atoms with Gasteiger partial charge in [0.1, 0.15) is 11.9 Å². The van der Waals surface area contributed by atoms with Crippen molar-refractivity contribution in [2.24, 2.45) is 0 Å². The number of hydrogen-bond acceptors (Lipinski definition) is 5. The van der Waals surface area contributed by atoms with Gasteiger partial charge in [0.05, 0.1) is 18.3 Å². The molecule has 2 saturated heterocycles. The van der Waals surface area contributed by atoms with Gasteiger partial charge in [0.25, 0.3) is 0 Å². The number of carbonyl (C=O) groups is 1. The topological polar surface area (TPSA) is 76.4 Å². The summed E-state index contributed by atoms with van der Waals surface area (Å²) in [7, 11) is 3.58. The normalized spacial score (nSPS) is 23.4. The first-order chi connectivity index (χ1) is 11.5. The van der Waals surface area contributed by atoms with Crippen LogP contribution in [0.1, 0.15) is 31.4 Å². The minimum atomic E-state index is 0.0653. The molecule has 128 valence electrons. The average Bonchev–Trinajstić information content (AvgIpc) is 2.59. The molecule has 0 spiro atoms. The third-order valence-electron chi connectivity index (χ3n) is 4.79. The Morgan fingerprint density at radius 3 is 2.71 bits per heavy atom. The summed E-state index contributed by atoms with van der Waals surface area (Å²) in [5.74, 6) is 0.688. The molecule has 2 fully saturated rings. The summed E-state index contributed by atoms with van der Waals surface area (Å²) in [5, 5.41) is 9.09. The summed E-state index contributed by atoms with van der Waals surface area (Å²) in [6.07, 6.45) is 5.57. The van der Waals surface area contributed by atoms with E-state index in [1.807, 2.05) is 11.0 Å². The first kappa shape index (κ1) is 16.8. The number of nitriles is 1. The molecule has 0 aliphatic carbocycles. The van der Waals surface area contributed by atoms with Crippen LogP contribution in [-0.4, -0.2) is 65.1 Å². The zero-order valence-electron chi connectivity index (χ0n) is 13.9.